The summed E-state index contributed by atoms with van der Waals surface area (Å²) in [5, 5.41) is 8.51. The number of pyridine rings is 1. The van der Waals surface area contributed by atoms with Gasteiger partial charge in [0.1, 0.15) is 0 Å². The van der Waals surface area contributed by atoms with E-state index >= 15 is 0 Å². The molecule has 1 heterocycles. The third kappa shape index (κ3) is 2.36. The van der Waals surface area contributed by atoms with Gasteiger partial charge < -0.3 is 5.11 Å². The van der Waals surface area contributed by atoms with E-state index in [4.69, 9.17) is 5.11 Å². The van der Waals surface area contributed by atoms with Gasteiger partial charge in [0.25, 0.3) is 0 Å². The van der Waals surface area contributed by atoms with Crippen molar-refractivity contribution in [3.8, 4) is 0 Å². The lowest BCUT2D eigenvalue weighted by atomic mass is 10.1. The maximum absolute atomic E-state index is 10.4. The first-order valence-electron chi connectivity index (χ1n) is 3.04. The first-order chi connectivity index (χ1) is 5.22. The molecule has 0 saturated heterocycles. The van der Waals surface area contributed by atoms with Crippen LogP contribution in [-0.2, 0) is 4.79 Å². The van der Waals surface area contributed by atoms with Gasteiger partial charge in [-0.3, -0.25) is 4.98 Å². The fourth-order valence-corrected chi connectivity index (χ4v) is 0.665. The summed E-state index contributed by atoms with van der Waals surface area (Å²) in [4.78, 5) is 14.1. The van der Waals surface area contributed by atoms with Crippen LogP contribution in [-0.4, -0.2) is 16.1 Å². The predicted octanol–water partition coefficient (Wildman–Crippen LogP) is 1.60. The number of aromatic nitrogens is 1. The number of halogens is 1. The first kappa shape index (κ1) is 10.7. The Morgan fingerprint density at radius 3 is 2.67 bits per heavy atom. The molecule has 0 aliphatic carbocycles. The van der Waals surface area contributed by atoms with Gasteiger partial charge in [0, 0.05) is 18.0 Å². The fraction of sp³-hybridized carbons (Fsp3) is 0. The van der Waals surface area contributed by atoms with E-state index in [1.807, 2.05) is 0 Å². The number of carbonyl (C=O) groups is 1. The summed E-state index contributed by atoms with van der Waals surface area (Å²) in [6, 6.07) is 3.33. The highest BCUT2D eigenvalue weighted by Gasteiger charge is 2.05. The van der Waals surface area contributed by atoms with E-state index < -0.39 is 5.97 Å². The second-order valence-corrected chi connectivity index (χ2v) is 2.03. The monoisotopic (exact) mass is 185 g/mol. The van der Waals surface area contributed by atoms with Crippen molar-refractivity contribution in [3.63, 3.8) is 0 Å². The molecule has 0 fully saturated rings. The van der Waals surface area contributed by atoms with Gasteiger partial charge in [-0.2, -0.15) is 0 Å². The Bertz CT molecular complexity index is 284. The third-order valence-corrected chi connectivity index (χ3v) is 1.27. The zero-order valence-corrected chi connectivity index (χ0v) is 7.04. The summed E-state index contributed by atoms with van der Waals surface area (Å²) >= 11 is 0. The van der Waals surface area contributed by atoms with Crippen molar-refractivity contribution in [1.82, 2.24) is 4.98 Å². The van der Waals surface area contributed by atoms with Crippen molar-refractivity contribution in [2.75, 3.05) is 0 Å². The summed E-state index contributed by atoms with van der Waals surface area (Å²) in [6.45, 7) is 3.38. The Morgan fingerprint density at radius 1 is 1.58 bits per heavy atom. The molecule has 0 amide bonds. The molecule has 0 atom stereocenters. The Morgan fingerprint density at radius 2 is 2.25 bits per heavy atom. The normalized spacial score (nSPS) is 8.33. The van der Waals surface area contributed by atoms with Crippen LogP contribution in [0.3, 0.4) is 0 Å². The molecule has 0 aromatic carbocycles. The topological polar surface area (TPSA) is 50.2 Å². The highest BCUT2D eigenvalue weighted by molar-refractivity contribution is 6.14. The predicted molar refractivity (Wildman–Crippen MR) is 48.2 cm³/mol. The van der Waals surface area contributed by atoms with Crippen molar-refractivity contribution in [2.24, 2.45) is 0 Å². The van der Waals surface area contributed by atoms with Crippen LogP contribution in [0.5, 0.6) is 0 Å². The van der Waals surface area contributed by atoms with E-state index in [1.165, 1.54) is 6.20 Å². The van der Waals surface area contributed by atoms with E-state index in [1.54, 1.807) is 18.3 Å². The highest BCUT2D eigenvalue weighted by atomic mass is 35.5. The van der Waals surface area contributed by atoms with Gasteiger partial charge >= 0.3 is 5.97 Å². The Labute approximate surface area is 76.2 Å². The molecule has 1 N–H and O–H groups in total. The number of hydrogen-bond acceptors (Lipinski definition) is 2. The maximum atomic E-state index is 10.4. The zero-order valence-electron chi connectivity index (χ0n) is 6.23. The SMILES string of the molecule is C=C(C(=O)O)c1cccnc1.Cl. The number of carboxylic acids is 1. The van der Waals surface area contributed by atoms with Crippen LogP contribution >= 0.6 is 12.4 Å². The lowest BCUT2D eigenvalue weighted by Gasteiger charge is -1.96. The molecule has 0 radical (unpaired) electrons. The summed E-state index contributed by atoms with van der Waals surface area (Å²) < 4.78 is 0. The minimum absolute atomic E-state index is 0. The average molecular weight is 186 g/mol. The fourth-order valence-electron chi connectivity index (χ4n) is 0.665. The van der Waals surface area contributed by atoms with Crippen LogP contribution in [0.2, 0.25) is 0 Å². The van der Waals surface area contributed by atoms with Crippen molar-refractivity contribution < 1.29 is 9.90 Å². The second kappa shape index (κ2) is 4.51. The quantitative estimate of drug-likeness (QED) is 0.713. The van der Waals surface area contributed by atoms with Crippen molar-refractivity contribution in [3.05, 3.63) is 36.7 Å². The van der Waals surface area contributed by atoms with Crippen molar-refractivity contribution in [2.45, 2.75) is 0 Å². The van der Waals surface area contributed by atoms with Crippen LogP contribution < -0.4 is 0 Å². The van der Waals surface area contributed by atoms with Crippen LogP contribution in [0.4, 0.5) is 0 Å². The molecule has 0 spiro atoms. The molecular formula is C8H8ClNO2. The lowest BCUT2D eigenvalue weighted by molar-refractivity contribution is -0.130. The number of rotatable bonds is 2. The van der Waals surface area contributed by atoms with E-state index in [-0.39, 0.29) is 18.0 Å². The van der Waals surface area contributed by atoms with Gasteiger partial charge in [0.2, 0.25) is 0 Å². The molecule has 0 aliphatic heterocycles. The molecule has 4 heteroatoms. The minimum atomic E-state index is -1.02. The summed E-state index contributed by atoms with van der Waals surface area (Å²) in [5.74, 6) is -1.02. The van der Waals surface area contributed by atoms with Gasteiger partial charge in [0.05, 0.1) is 5.57 Å². The molecule has 1 rings (SSSR count). The summed E-state index contributed by atoms with van der Waals surface area (Å²) in [7, 11) is 0. The van der Waals surface area contributed by atoms with Crippen molar-refractivity contribution in [1.29, 1.82) is 0 Å². The molecule has 1 aromatic rings. The highest BCUT2D eigenvalue weighted by Crippen LogP contribution is 2.08. The van der Waals surface area contributed by atoms with E-state index in [2.05, 4.69) is 11.6 Å². The summed E-state index contributed by atoms with van der Waals surface area (Å²) in [6.07, 6.45) is 3.05. The molecule has 64 valence electrons. The van der Waals surface area contributed by atoms with Gasteiger partial charge in [0.15, 0.2) is 0 Å². The molecule has 3 nitrogen and oxygen atoms in total. The number of nitrogens with zero attached hydrogens (tertiary/aromatic N) is 1. The van der Waals surface area contributed by atoms with E-state index in [0.29, 0.717) is 5.56 Å². The van der Waals surface area contributed by atoms with Gasteiger partial charge in [-0.1, -0.05) is 12.6 Å². The Balaban J connectivity index is 0.00000121. The molecule has 0 bridgehead atoms. The number of carboxylic acid groups (broad SMARTS) is 1. The Hall–Kier alpha value is -1.35. The number of hydrogen-bond donors (Lipinski definition) is 1. The third-order valence-electron chi connectivity index (χ3n) is 1.27. The minimum Gasteiger partial charge on any atom is -0.478 e. The number of aliphatic carboxylic acids is 1. The lowest BCUT2D eigenvalue weighted by Crippen LogP contribution is -1.97. The molecule has 0 aliphatic rings. The van der Waals surface area contributed by atoms with Crippen LogP contribution in [0, 0.1) is 0 Å². The van der Waals surface area contributed by atoms with E-state index in [0.717, 1.165) is 0 Å². The standard InChI is InChI=1S/C8H7NO2.ClH/c1-6(8(10)11)7-3-2-4-9-5-7;/h2-5H,1H2,(H,10,11);1H. The molecule has 1 aromatic heterocycles. The largest absolute Gasteiger partial charge is 0.478 e. The van der Waals surface area contributed by atoms with E-state index in [9.17, 15) is 4.79 Å². The summed E-state index contributed by atoms with van der Waals surface area (Å²) in [5.41, 5.74) is 0.609. The smallest absolute Gasteiger partial charge is 0.335 e. The molecular weight excluding hydrogens is 178 g/mol. The Kier molecular flexibility index (Phi) is 4.00. The van der Waals surface area contributed by atoms with Gasteiger partial charge in [-0.05, 0) is 6.07 Å². The van der Waals surface area contributed by atoms with Crippen LogP contribution in [0.1, 0.15) is 5.56 Å². The molecule has 0 saturated carbocycles. The maximum Gasteiger partial charge on any atom is 0.335 e. The average Bonchev–Trinajstić information content (AvgIpc) is 2.05. The van der Waals surface area contributed by atoms with Gasteiger partial charge in [-0.15, -0.1) is 12.4 Å². The molecule has 0 unspecified atom stereocenters. The van der Waals surface area contributed by atoms with Crippen molar-refractivity contribution >= 4 is 23.9 Å². The van der Waals surface area contributed by atoms with Crippen LogP contribution in [0.25, 0.3) is 5.57 Å². The van der Waals surface area contributed by atoms with Gasteiger partial charge in [-0.25, -0.2) is 4.79 Å². The first-order valence-corrected chi connectivity index (χ1v) is 3.04. The molecule has 12 heavy (non-hydrogen) atoms. The second-order valence-electron chi connectivity index (χ2n) is 2.03. The zero-order chi connectivity index (χ0) is 8.27. The van der Waals surface area contributed by atoms with Crippen LogP contribution in [0.15, 0.2) is 31.1 Å².